The quantitative estimate of drug-likeness (QED) is 0.817. The summed E-state index contributed by atoms with van der Waals surface area (Å²) in [5, 5.41) is 7.42. The molecule has 0 aromatic carbocycles. The van der Waals surface area contributed by atoms with E-state index in [-0.39, 0.29) is 0 Å². The van der Waals surface area contributed by atoms with Crippen LogP contribution in [0.3, 0.4) is 0 Å². The molecule has 1 aromatic heterocycles. The van der Waals surface area contributed by atoms with Crippen molar-refractivity contribution < 1.29 is 4.52 Å². The van der Waals surface area contributed by atoms with Crippen molar-refractivity contribution in [3.63, 3.8) is 0 Å². The number of aromatic nitrogens is 2. The lowest BCUT2D eigenvalue weighted by molar-refractivity contribution is 0.146. The second-order valence-electron chi connectivity index (χ2n) is 4.84. The summed E-state index contributed by atoms with van der Waals surface area (Å²) in [6.45, 7) is 6.17. The highest BCUT2D eigenvalue weighted by Gasteiger charge is 2.29. The first-order chi connectivity index (χ1) is 7.83. The molecule has 5 nitrogen and oxygen atoms in total. The number of hydrogen-bond acceptors (Lipinski definition) is 5. The molecule has 3 rings (SSSR count). The van der Waals surface area contributed by atoms with Gasteiger partial charge in [0.25, 0.3) is 0 Å². The largest absolute Gasteiger partial charge is 0.338 e. The van der Waals surface area contributed by atoms with E-state index < -0.39 is 0 Å². The van der Waals surface area contributed by atoms with E-state index >= 15 is 0 Å². The van der Waals surface area contributed by atoms with Crippen LogP contribution < -0.4 is 5.32 Å². The lowest BCUT2D eigenvalue weighted by Crippen LogP contribution is -2.49. The Morgan fingerprint density at radius 2 is 2.38 bits per heavy atom. The van der Waals surface area contributed by atoms with Gasteiger partial charge in [-0.2, -0.15) is 4.98 Å². The minimum absolute atomic E-state index is 0.546. The predicted octanol–water partition coefficient (Wildman–Crippen LogP) is 0.741. The van der Waals surface area contributed by atoms with E-state index in [9.17, 15) is 0 Å². The average molecular weight is 222 g/mol. The van der Waals surface area contributed by atoms with Gasteiger partial charge >= 0.3 is 0 Å². The number of rotatable bonds is 3. The molecule has 16 heavy (non-hydrogen) atoms. The summed E-state index contributed by atoms with van der Waals surface area (Å²) in [6.07, 6.45) is 2.45. The van der Waals surface area contributed by atoms with Crippen LogP contribution in [0, 0.1) is 0 Å². The van der Waals surface area contributed by atoms with E-state index in [2.05, 4.69) is 27.3 Å². The molecular formula is C11H18N4O. The first kappa shape index (κ1) is 10.2. The van der Waals surface area contributed by atoms with E-state index in [1.165, 1.54) is 12.8 Å². The van der Waals surface area contributed by atoms with Crippen molar-refractivity contribution in [2.24, 2.45) is 0 Å². The second-order valence-corrected chi connectivity index (χ2v) is 4.84. The molecule has 1 aliphatic heterocycles. The molecule has 0 amide bonds. The fraction of sp³-hybridized carbons (Fsp3) is 0.818. The van der Waals surface area contributed by atoms with Crippen molar-refractivity contribution in [3.05, 3.63) is 11.7 Å². The van der Waals surface area contributed by atoms with Crippen LogP contribution in [0.15, 0.2) is 4.52 Å². The molecule has 1 aliphatic carbocycles. The Kier molecular flexibility index (Phi) is 2.65. The first-order valence-corrected chi connectivity index (χ1v) is 6.10. The maximum Gasteiger partial charge on any atom is 0.240 e. The third-order valence-corrected chi connectivity index (χ3v) is 3.40. The Balaban J connectivity index is 1.63. The van der Waals surface area contributed by atoms with E-state index in [4.69, 9.17) is 4.52 Å². The fourth-order valence-corrected chi connectivity index (χ4v) is 2.13. The summed E-state index contributed by atoms with van der Waals surface area (Å²) >= 11 is 0. The number of nitrogens with zero attached hydrogens (tertiary/aromatic N) is 3. The van der Waals surface area contributed by atoms with Crippen LogP contribution in [0.5, 0.6) is 0 Å². The zero-order valence-corrected chi connectivity index (χ0v) is 9.65. The van der Waals surface area contributed by atoms with Crippen LogP contribution in [-0.2, 0) is 6.54 Å². The highest BCUT2D eigenvalue weighted by Crippen LogP contribution is 2.38. The van der Waals surface area contributed by atoms with Gasteiger partial charge in [-0.05, 0) is 19.8 Å². The van der Waals surface area contributed by atoms with Gasteiger partial charge in [-0.1, -0.05) is 5.16 Å². The average Bonchev–Trinajstić information content (AvgIpc) is 3.03. The molecule has 1 atom stereocenters. The summed E-state index contributed by atoms with van der Waals surface area (Å²) < 4.78 is 5.29. The molecule has 2 aliphatic rings. The number of nitrogens with one attached hydrogen (secondary N) is 1. The maximum atomic E-state index is 5.29. The Morgan fingerprint density at radius 3 is 3.12 bits per heavy atom. The van der Waals surface area contributed by atoms with Crippen LogP contribution in [-0.4, -0.2) is 40.7 Å². The van der Waals surface area contributed by atoms with Gasteiger partial charge in [0.15, 0.2) is 5.82 Å². The summed E-state index contributed by atoms with van der Waals surface area (Å²) in [4.78, 5) is 6.85. The van der Waals surface area contributed by atoms with Crippen molar-refractivity contribution in [2.45, 2.75) is 38.3 Å². The topological polar surface area (TPSA) is 54.2 Å². The van der Waals surface area contributed by atoms with Gasteiger partial charge in [0.2, 0.25) is 5.89 Å². The van der Waals surface area contributed by atoms with Crippen molar-refractivity contribution in [1.29, 1.82) is 0 Å². The molecule has 1 unspecified atom stereocenters. The van der Waals surface area contributed by atoms with Gasteiger partial charge in [-0.15, -0.1) is 0 Å². The Morgan fingerprint density at radius 1 is 1.50 bits per heavy atom. The minimum atomic E-state index is 0.546. The summed E-state index contributed by atoms with van der Waals surface area (Å²) in [5.41, 5.74) is 0. The molecule has 1 saturated heterocycles. The van der Waals surface area contributed by atoms with Gasteiger partial charge in [0.05, 0.1) is 6.54 Å². The summed E-state index contributed by atoms with van der Waals surface area (Å²) in [6, 6.07) is 0.546. The number of hydrogen-bond donors (Lipinski definition) is 1. The van der Waals surface area contributed by atoms with Gasteiger partial charge in [-0.25, -0.2) is 0 Å². The summed E-state index contributed by atoms with van der Waals surface area (Å²) in [5.74, 6) is 2.27. The lowest BCUT2D eigenvalue weighted by atomic mass is 10.2. The third-order valence-electron chi connectivity index (χ3n) is 3.40. The van der Waals surface area contributed by atoms with Crippen molar-refractivity contribution in [3.8, 4) is 0 Å². The van der Waals surface area contributed by atoms with Gasteiger partial charge in [-0.3, -0.25) is 4.90 Å². The first-order valence-electron chi connectivity index (χ1n) is 6.10. The summed E-state index contributed by atoms with van der Waals surface area (Å²) in [7, 11) is 0. The van der Waals surface area contributed by atoms with E-state index in [0.717, 1.165) is 37.9 Å². The second kappa shape index (κ2) is 4.14. The van der Waals surface area contributed by atoms with E-state index in [1.54, 1.807) is 0 Å². The smallest absolute Gasteiger partial charge is 0.240 e. The Labute approximate surface area is 95.2 Å². The molecular weight excluding hydrogens is 204 g/mol. The predicted molar refractivity (Wildman–Crippen MR) is 59.0 cm³/mol. The van der Waals surface area contributed by atoms with Crippen molar-refractivity contribution in [2.75, 3.05) is 19.6 Å². The van der Waals surface area contributed by atoms with Crippen LogP contribution in [0.1, 0.15) is 37.4 Å². The van der Waals surface area contributed by atoms with Crippen LogP contribution in [0.4, 0.5) is 0 Å². The Bertz CT molecular complexity index is 361. The third kappa shape index (κ3) is 2.10. The standard InChI is InChI=1S/C11H18N4O/c1-8-6-12-4-5-15(8)7-10-13-11(14-16-10)9-2-3-9/h8-9,12H,2-7H2,1H3. The monoisotopic (exact) mass is 222 g/mol. The van der Waals surface area contributed by atoms with Crippen LogP contribution >= 0.6 is 0 Å². The van der Waals surface area contributed by atoms with Crippen molar-refractivity contribution in [1.82, 2.24) is 20.4 Å². The SMILES string of the molecule is CC1CNCCN1Cc1nc(C2CC2)no1. The Hall–Kier alpha value is -0.940. The van der Waals surface area contributed by atoms with E-state index in [0.29, 0.717) is 12.0 Å². The van der Waals surface area contributed by atoms with Gasteiger partial charge in [0, 0.05) is 31.6 Å². The molecule has 1 aromatic rings. The normalized spacial score (nSPS) is 27.2. The van der Waals surface area contributed by atoms with Crippen LogP contribution in [0.25, 0.3) is 0 Å². The van der Waals surface area contributed by atoms with Crippen LogP contribution in [0.2, 0.25) is 0 Å². The van der Waals surface area contributed by atoms with Gasteiger partial charge in [0.1, 0.15) is 0 Å². The molecule has 2 fully saturated rings. The molecule has 1 saturated carbocycles. The highest BCUT2D eigenvalue weighted by molar-refractivity contribution is 5.03. The molecule has 5 heteroatoms. The highest BCUT2D eigenvalue weighted by atomic mass is 16.5. The van der Waals surface area contributed by atoms with E-state index in [1.807, 2.05) is 0 Å². The lowest BCUT2D eigenvalue weighted by Gasteiger charge is -2.32. The molecule has 2 heterocycles. The van der Waals surface area contributed by atoms with Gasteiger partial charge < -0.3 is 9.84 Å². The molecule has 0 radical (unpaired) electrons. The number of piperazine rings is 1. The minimum Gasteiger partial charge on any atom is -0.338 e. The van der Waals surface area contributed by atoms with Crippen molar-refractivity contribution >= 4 is 0 Å². The zero-order chi connectivity index (χ0) is 11.0. The molecule has 88 valence electrons. The molecule has 0 bridgehead atoms. The zero-order valence-electron chi connectivity index (χ0n) is 9.65. The molecule has 0 spiro atoms. The maximum absolute atomic E-state index is 5.29. The molecule has 1 N–H and O–H groups in total. The fourth-order valence-electron chi connectivity index (χ4n) is 2.13.